The molecule has 6 heteroatoms. The highest BCUT2D eigenvalue weighted by Gasteiger charge is 2.22. The highest BCUT2D eigenvalue weighted by molar-refractivity contribution is 5.76. The number of nitrogens with one attached hydrogen (secondary N) is 1. The van der Waals surface area contributed by atoms with E-state index < -0.39 is 0 Å². The third kappa shape index (κ3) is 3.54. The van der Waals surface area contributed by atoms with Crippen molar-refractivity contribution in [1.29, 1.82) is 0 Å². The van der Waals surface area contributed by atoms with Crippen LogP contribution in [0.1, 0.15) is 13.8 Å². The number of benzene rings is 1. The van der Waals surface area contributed by atoms with Crippen LogP contribution >= 0.6 is 0 Å². The van der Waals surface area contributed by atoms with Crippen molar-refractivity contribution in [2.24, 2.45) is 5.92 Å². The average Bonchev–Trinajstić information content (AvgIpc) is 2.51. The Bertz CT molecular complexity index is 794. The topological polar surface area (TPSA) is 67.3 Å². The predicted octanol–water partition coefficient (Wildman–Crippen LogP) is 1.05. The molecule has 0 spiro atoms. The Hall–Kier alpha value is -1.92. The number of aromatic nitrogens is 2. The van der Waals surface area contributed by atoms with E-state index >= 15 is 0 Å². The molecule has 1 fully saturated rings. The number of aromatic amines is 1. The molecule has 3 rings (SSSR count). The van der Waals surface area contributed by atoms with Gasteiger partial charge in [0, 0.05) is 19.6 Å². The van der Waals surface area contributed by atoms with Gasteiger partial charge < -0.3 is 9.72 Å². The van der Waals surface area contributed by atoms with E-state index in [0.717, 1.165) is 19.6 Å². The number of H-pyrrole nitrogens is 1. The normalized spacial score (nSPS) is 19.5. The lowest BCUT2D eigenvalue weighted by Gasteiger charge is -2.33. The molecule has 6 nitrogen and oxygen atoms in total. The van der Waals surface area contributed by atoms with E-state index in [2.05, 4.69) is 23.7 Å². The van der Waals surface area contributed by atoms with Gasteiger partial charge in [-0.2, -0.15) is 0 Å². The summed E-state index contributed by atoms with van der Waals surface area (Å²) in [6.07, 6.45) is -0.137. The summed E-state index contributed by atoms with van der Waals surface area (Å²) in [5.41, 5.74) is -0.0584. The number of para-hydroxylation sites is 1. The van der Waals surface area contributed by atoms with Crippen LogP contribution in [0.25, 0.3) is 10.9 Å². The number of hydrogen-bond donors (Lipinski definition) is 1. The standard InChI is InChI=1S/C17H23N3O3/c1-12(2)9-19-7-8-23-13(10-19)11-20-16(21)14-5-3-4-6-15(14)18-17(20)22/h3-6,12-13H,7-11H2,1-2H3,(H,18,22). The highest BCUT2D eigenvalue weighted by Crippen LogP contribution is 2.09. The first-order chi connectivity index (χ1) is 11.0. The molecular formula is C17H23N3O3. The maximum absolute atomic E-state index is 12.6. The van der Waals surface area contributed by atoms with Crippen LogP contribution in [0.5, 0.6) is 0 Å². The smallest absolute Gasteiger partial charge is 0.328 e. The first kappa shape index (κ1) is 16.0. The minimum Gasteiger partial charge on any atom is -0.374 e. The Morgan fingerprint density at radius 3 is 2.87 bits per heavy atom. The van der Waals surface area contributed by atoms with Crippen LogP contribution in [-0.2, 0) is 11.3 Å². The van der Waals surface area contributed by atoms with E-state index in [1.54, 1.807) is 24.3 Å². The monoisotopic (exact) mass is 317 g/mol. The Kier molecular flexibility index (Phi) is 4.63. The summed E-state index contributed by atoms with van der Waals surface area (Å²) in [4.78, 5) is 29.9. The molecular weight excluding hydrogens is 294 g/mol. The first-order valence-corrected chi connectivity index (χ1v) is 8.10. The molecule has 1 aliphatic rings. The summed E-state index contributed by atoms with van der Waals surface area (Å²) in [5.74, 6) is 0.584. The summed E-state index contributed by atoms with van der Waals surface area (Å²) in [5, 5.41) is 0.530. The molecule has 1 unspecified atom stereocenters. The molecule has 2 aromatic rings. The lowest BCUT2D eigenvalue weighted by molar-refractivity contribution is -0.0398. The fraction of sp³-hybridized carbons (Fsp3) is 0.529. The van der Waals surface area contributed by atoms with Gasteiger partial charge >= 0.3 is 5.69 Å². The Morgan fingerprint density at radius 2 is 2.09 bits per heavy atom. The van der Waals surface area contributed by atoms with Crippen LogP contribution in [0, 0.1) is 5.92 Å². The lowest BCUT2D eigenvalue weighted by atomic mass is 10.1. The fourth-order valence-corrected chi connectivity index (χ4v) is 3.14. The summed E-state index contributed by atoms with van der Waals surface area (Å²) < 4.78 is 7.02. The van der Waals surface area contributed by atoms with E-state index in [4.69, 9.17) is 4.74 Å². The zero-order valence-corrected chi connectivity index (χ0v) is 13.6. The number of nitrogens with zero attached hydrogens (tertiary/aromatic N) is 2. The number of rotatable bonds is 4. The van der Waals surface area contributed by atoms with Crippen molar-refractivity contribution >= 4 is 10.9 Å². The van der Waals surface area contributed by atoms with Gasteiger partial charge in [0.2, 0.25) is 0 Å². The Labute approximate surface area is 134 Å². The number of morpholine rings is 1. The van der Waals surface area contributed by atoms with Crippen LogP contribution in [0.15, 0.2) is 33.9 Å². The maximum Gasteiger partial charge on any atom is 0.328 e. The van der Waals surface area contributed by atoms with Crippen molar-refractivity contribution in [2.45, 2.75) is 26.5 Å². The molecule has 1 aromatic heterocycles. The minimum atomic E-state index is -0.377. The van der Waals surface area contributed by atoms with Gasteiger partial charge in [0.1, 0.15) is 0 Å². The van der Waals surface area contributed by atoms with E-state index in [1.807, 2.05) is 0 Å². The fourth-order valence-electron chi connectivity index (χ4n) is 3.14. The second-order valence-corrected chi connectivity index (χ2v) is 6.54. The molecule has 0 aliphatic carbocycles. The predicted molar refractivity (Wildman–Crippen MR) is 89.8 cm³/mol. The molecule has 2 heterocycles. The minimum absolute atomic E-state index is 0.137. The summed E-state index contributed by atoms with van der Waals surface area (Å²) in [6.45, 7) is 7.94. The van der Waals surface area contributed by atoms with E-state index in [0.29, 0.717) is 23.4 Å². The second-order valence-electron chi connectivity index (χ2n) is 6.54. The zero-order valence-electron chi connectivity index (χ0n) is 13.6. The molecule has 1 saturated heterocycles. The van der Waals surface area contributed by atoms with Crippen molar-refractivity contribution in [3.63, 3.8) is 0 Å². The average molecular weight is 317 g/mol. The van der Waals surface area contributed by atoms with E-state index in [-0.39, 0.29) is 23.9 Å². The molecule has 0 amide bonds. The van der Waals surface area contributed by atoms with Crippen molar-refractivity contribution in [3.8, 4) is 0 Å². The lowest BCUT2D eigenvalue weighted by Crippen LogP contribution is -2.48. The molecule has 1 N–H and O–H groups in total. The van der Waals surface area contributed by atoms with Crippen molar-refractivity contribution in [2.75, 3.05) is 26.2 Å². The SMILES string of the molecule is CC(C)CN1CCOC(Cn2c(=O)[nH]c3ccccc3c2=O)C1. The number of hydrogen-bond acceptors (Lipinski definition) is 4. The van der Waals surface area contributed by atoms with Crippen molar-refractivity contribution < 1.29 is 4.74 Å². The van der Waals surface area contributed by atoms with Gasteiger partial charge in [-0.15, -0.1) is 0 Å². The quantitative estimate of drug-likeness (QED) is 0.915. The van der Waals surface area contributed by atoms with Crippen LogP contribution in [-0.4, -0.2) is 46.8 Å². The van der Waals surface area contributed by atoms with Crippen molar-refractivity contribution in [1.82, 2.24) is 14.5 Å². The molecule has 0 saturated carbocycles. The zero-order chi connectivity index (χ0) is 16.4. The van der Waals surface area contributed by atoms with E-state index in [1.165, 1.54) is 4.57 Å². The van der Waals surface area contributed by atoms with Gasteiger partial charge in [0.25, 0.3) is 5.56 Å². The van der Waals surface area contributed by atoms with Gasteiger partial charge in [-0.3, -0.25) is 14.3 Å². The molecule has 1 aromatic carbocycles. The van der Waals surface area contributed by atoms with Crippen molar-refractivity contribution in [3.05, 3.63) is 45.1 Å². The van der Waals surface area contributed by atoms with E-state index in [9.17, 15) is 9.59 Å². The molecule has 0 radical (unpaired) electrons. The van der Waals surface area contributed by atoms with Crippen LogP contribution < -0.4 is 11.2 Å². The maximum atomic E-state index is 12.6. The van der Waals surface area contributed by atoms with Gasteiger partial charge in [0.05, 0.1) is 30.2 Å². The third-order valence-electron chi connectivity index (χ3n) is 4.12. The van der Waals surface area contributed by atoms with Gasteiger partial charge in [-0.25, -0.2) is 4.79 Å². The summed E-state index contributed by atoms with van der Waals surface area (Å²) in [7, 11) is 0. The summed E-state index contributed by atoms with van der Waals surface area (Å²) >= 11 is 0. The van der Waals surface area contributed by atoms with Crippen LogP contribution in [0.2, 0.25) is 0 Å². The highest BCUT2D eigenvalue weighted by atomic mass is 16.5. The summed E-state index contributed by atoms with van der Waals surface area (Å²) in [6, 6.07) is 7.07. The molecule has 23 heavy (non-hydrogen) atoms. The number of fused-ring (bicyclic) bond motifs is 1. The molecule has 1 aliphatic heterocycles. The molecule has 1 atom stereocenters. The van der Waals surface area contributed by atoms with Crippen LogP contribution in [0.3, 0.4) is 0 Å². The third-order valence-corrected chi connectivity index (χ3v) is 4.12. The first-order valence-electron chi connectivity index (χ1n) is 8.10. The molecule has 0 bridgehead atoms. The van der Waals surface area contributed by atoms with Crippen LogP contribution in [0.4, 0.5) is 0 Å². The Balaban J connectivity index is 1.84. The Morgan fingerprint density at radius 1 is 1.30 bits per heavy atom. The number of ether oxygens (including phenoxy) is 1. The van der Waals surface area contributed by atoms with Gasteiger partial charge in [0.15, 0.2) is 0 Å². The molecule has 124 valence electrons. The largest absolute Gasteiger partial charge is 0.374 e. The van der Waals surface area contributed by atoms with Gasteiger partial charge in [-0.05, 0) is 18.1 Å². The second kappa shape index (κ2) is 6.68. The van der Waals surface area contributed by atoms with Gasteiger partial charge in [-0.1, -0.05) is 26.0 Å².